The van der Waals surface area contributed by atoms with E-state index in [2.05, 4.69) is 15.6 Å². The van der Waals surface area contributed by atoms with Crippen LogP contribution in [-0.2, 0) is 0 Å². The zero-order valence-corrected chi connectivity index (χ0v) is 11.7. The molecule has 0 atom stereocenters. The Labute approximate surface area is 117 Å². The van der Waals surface area contributed by atoms with Crippen LogP contribution in [0.25, 0.3) is 0 Å². The van der Waals surface area contributed by atoms with Crippen molar-refractivity contribution in [2.24, 2.45) is 11.8 Å². The molecule has 4 nitrogen and oxygen atoms in total. The molecule has 0 bridgehead atoms. The largest absolute Gasteiger partial charge is 0.373 e. The van der Waals surface area contributed by atoms with Gasteiger partial charge in [-0.25, -0.2) is 4.98 Å². The summed E-state index contributed by atoms with van der Waals surface area (Å²) in [5, 5.41) is 6.46. The van der Waals surface area contributed by atoms with Gasteiger partial charge in [-0.05, 0) is 49.7 Å². The third-order valence-electron chi connectivity index (χ3n) is 3.87. The third-order valence-corrected chi connectivity index (χ3v) is 4.18. The third kappa shape index (κ3) is 2.84. The van der Waals surface area contributed by atoms with Crippen molar-refractivity contribution < 1.29 is 4.79 Å². The van der Waals surface area contributed by atoms with Crippen LogP contribution in [0.4, 0.5) is 5.82 Å². The topological polar surface area (TPSA) is 54.0 Å². The number of nitrogens with one attached hydrogen (secondary N) is 2. The van der Waals surface area contributed by atoms with Crippen molar-refractivity contribution in [1.82, 2.24) is 10.3 Å². The monoisotopic (exact) mass is 279 g/mol. The molecule has 102 valence electrons. The summed E-state index contributed by atoms with van der Waals surface area (Å²) in [5.74, 6) is 1.85. The van der Waals surface area contributed by atoms with Gasteiger partial charge in [0.15, 0.2) is 0 Å². The van der Waals surface area contributed by atoms with Gasteiger partial charge in [0.25, 0.3) is 5.91 Å². The summed E-state index contributed by atoms with van der Waals surface area (Å²) in [6.45, 7) is 0. The molecule has 5 heteroatoms. The lowest BCUT2D eigenvalue weighted by atomic mass is 10.1. The molecule has 0 radical (unpaired) electrons. The quantitative estimate of drug-likeness (QED) is 0.871. The number of hydrogen-bond acceptors (Lipinski definition) is 3. The molecule has 2 saturated carbocycles. The Balaban J connectivity index is 1.75. The van der Waals surface area contributed by atoms with Gasteiger partial charge in [-0.1, -0.05) is 11.6 Å². The molecule has 0 aliphatic heterocycles. The summed E-state index contributed by atoms with van der Waals surface area (Å²) in [5.41, 5.74) is 0.319. The van der Waals surface area contributed by atoms with Crippen molar-refractivity contribution in [3.05, 3.63) is 22.8 Å². The first-order chi connectivity index (χ1) is 9.19. The predicted octanol–water partition coefficient (Wildman–Crippen LogP) is 2.70. The second-order valence-electron chi connectivity index (χ2n) is 5.45. The van der Waals surface area contributed by atoms with Gasteiger partial charge in [-0.2, -0.15) is 0 Å². The Morgan fingerprint density at radius 3 is 2.47 bits per heavy atom. The molecule has 0 unspecified atom stereocenters. The van der Waals surface area contributed by atoms with E-state index in [0.717, 1.165) is 0 Å². The van der Waals surface area contributed by atoms with E-state index in [0.29, 0.717) is 34.4 Å². The summed E-state index contributed by atoms with van der Waals surface area (Å²) in [4.78, 5) is 16.6. The van der Waals surface area contributed by atoms with Crippen LogP contribution in [0.5, 0.6) is 0 Å². The van der Waals surface area contributed by atoms with E-state index in [4.69, 9.17) is 11.6 Å². The molecule has 0 spiro atoms. The Kier molecular flexibility index (Phi) is 3.35. The van der Waals surface area contributed by atoms with Crippen LogP contribution in [0.3, 0.4) is 0 Å². The van der Waals surface area contributed by atoms with Crippen molar-refractivity contribution in [2.45, 2.75) is 31.7 Å². The van der Waals surface area contributed by atoms with E-state index in [1.807, 2.05) is 0 Å². The van der Waals surface area contributed by atoms with Gasteiger partial charge in [0.2, 0.25) is 0 Å². The molecule has 1 heterocycles. The van der Waals surface area contributed by atoms with Crippen molar-refractivity contribution >= 4 is 23.3 Å². The van der Waals surface area contributed by atoms with Crippen molar-refractivity contribution in [3.63, 3.8) is 0 Å². The number of anilines is 1. The molecule has 0 aromatic carbocycles. The number of carbonyl (C=O) groups is 1. The van der Waals surface area contributed by atoms with E-state index >= 15 is 0 Å². The number of halogens is 1. The minimum Gasteiger partial charge on any atom is -0.373 e. The minimum atomic E-state index is -0.147. The zero-order valence-electron chi connectivity index (χ0n) is 10.9. The predicted molar refractivity (Wildman–Crippen MR) is 75.5 cm³/mol. The summed E-state index contributed by atoms with van der Waals surface area (Å²) >= 11 is 6.07. The van der Waals surface area contributed by atoms with Gasteiger partial charge in [0.05, 0.1) is 5.02 Å². The first-order valence-electron chi connectivity index (χ1n) is 6.84. The Hall–Kier alpha value is -1.29. The molecule has 3 rings (SSSR count). The maximum Gasteiger partial charge on any atom is 0.271 e. The highest BCUT2D eigenvalue weighted by Gasteiger charge is 2.42. The Bertz CT molecular complexity index is 485. The fourth-order valence-electron chi connectivity index (χ4n) is 2.49. The molecular weight excluding hydrogens is 262 g/mol. The number of nitrogens with zero attached hydrogens (tertiary/aromatic N) is 1. The van der Waals surface area contributed by atoms with Crippen molar-refractivity contribution in [3.8, 4) is 0 Å². The summed E-state index contributed by atoms with van der Waals surface area (Å²) < 4.78 is 0. The lowest BCUT2D eigenvalue weighted by Gasteiger charge is -2.17. The van der Waals surface area contributed by atoms with Gasteiger partial charge in [0.1, 0.15) is 11.5 Å². The molecule has 2 aliphatic rings. The van der Waals surface area contributed by atoms with Crippen LogP contribution < -0.4 is 10.6 Å². The van der Waals surface area contributed by atoms with Gasteiger partial charge in [-0.3, -0.25) is 4.79 Å². The molecule has 2 aliphatic carbocycles. The Morgan fingerprint density at radius 2 is 1.95 bits per heavy atom. The standard InChI is InChI=1S/C14H18ClN3O/c1-16-11-7-6-10(15)13(17-11)14(19)18-12(8-2-3-8)9-4-5-9/h6-9,12H,2-5H2,1H3,(H,16,17)(H,18,19). The van der Waals surface area contributed by atoms with E-state index in [9.17, 15) is 4.79 Å². The second kappa shape index (κ2) is 5.00. The number of amides is 1. The fourth-order valence-corrected chi connectivity index (χ4v) is 2.68. The molecule has 1 amide bonds. The first-order valence-corrected chi connectivity index (χ1v) is 7.22. The average molecular weight is 280 g/mol. The lowest BCUT2D eigenvalue weighted by molar-refractivity contribution is 0.0921. The van der Waals surface area contributed by atoms with Crippen LogP contribution in [0.2, 0.25) is 5.02 Å². The van der Waals surface area contributed by atoms with Gasteiger partial charge in [0, 0.05) is 13.1 Å². The van der Waals surface area contributed by atoms with Gasteiger partial charge < -0.3 is 10.6 Å². The second-order valence-corrected chi connectivity index (χ2v) is 5.86. The minimum absolute atomic E-state index is 0.147. The SMILES string of the molecule is CNc1ccc(Cl)c(C(=O)NC(C2CC2)C2CC2)n1. The highest BCUT2D eigenvalue weighted by Crippen LogP contribution is 2.44. The molecule has 19 heavy (non-hydrogen) atoms. The van der Waals surface area contributed by atoms with Gasteiger partial charge >= 0.3 is 0 Å². The number of carbonyl (C=O) groups excluding carboxylic acids is 1. The molecule has 2 N–H and O–H groups in total. The van der Waals surface area contributed by atoms with Crippen LogP contribution in [0.15, 0.2) is 12.1 Å². The summed E-state index contributed by atoms with van der Waals surface area (Å²) in [6.07, 6.45) is 4.94. The summed E-state index contributed by atoms with van der Waals surface area (Å²) in [6, 6.07) is 3.79. The fraction of sp³-hybridized carbons (Fsp3) is 0.571. The normalized spacial score (nSPS) is 18.5. The number of rotatable bonds is 5. The molecule has 1 aromatic rings. The van der Waals surface area contributed by atoms with Crippen LogP contribution >= 0.6 is 11.6 Å². The number of pyridine rings is 1. The molecule has 1 aromatic heterocycles. The summed E-state index contributed by atoms with van der Waals surface area (Å²) in [7, 11) is 1.77. The van der Waals surface area contributed by atoms with Crippen LogP contribution in [-0.4, -0.2) is 24.0 Å². The number of aromatic nitrogens is 1. The maximum atomic E-state index is 12.3. The van der Waals surface area contributed by atoms with E-state index in [-0.39, 0.29) is 5.91 Å². The van der Waals surface area contributed by atoms with Crippen molar-refractivity contribution in [2.75, 3.05) is 12.4 Å². The molecule has 0 saturated heterocycles. The van der Waals surface area contributed by atoms with Crippen molar-refractivity contribution in [1.29, 1.82) is 0 Å². The molecule has 2 fully saturated rings. The first kappa shape index (κ1) is 12.7. The smallest absolute Gasteiger partial charge is 0.271 e. The molecular formula is C14H18ClN3O. The average Bonchev–Trinajstić information content (AvgIpc) is 3.29. The van der Waals surface area contributed by atoms with E-state index < -0.39 is 0 Å². The van der Waals surface area contributed by atoms with E-state index in [1.54, 1.807) is 19.2 Å². The van der Waals surface area contributed by atoms with Crippen LogP contribution in [0, 0.1) is 11.8 Å². The van der Waals surface area contributed by atoms with E-state index in [1.165, 1.54) is 25.7 Å². The zero-order chi connectivity index (χ0) is 13.4. The highest BCUT2D eigenvalue weighted by molar-refractivity contribution is 6.33. The number of hydrogen-bond donors (Lipinski definition) is 2. The lowest BCUT2D eigenvalue weighted by Crippen LogP contribution is -2.38. The Morgan fingerprint density at radius 1 is 1.32 bits per heavy atom. The van der Waals surface area contributed by atoms with Crippen LogP contribution in [0.1, 0.15) is 36.2 Å². The maximum absolute atomic E-state index is 12.3. The van der Waals surface area contributed by atoms with Gasteiger partial charge in [-0.15, -0.1) is 0 Å². The highest BCUT2D eigenvalue weighted by atomic mass is 35.5.